The topological polar surface area (TPSA) is 46.9 Å². The van der Waals surface area contributed by atoms with Crippen molar-refractivity contribution >= 4 is 22.9 Å². The first kappa shape index (κ1) is 16.8. The SMILES string of the molecule is O=C(Nc1cccc(C#Cc2cccs2)c1)c1cncn1-c1ccccc1. The number of nitrogens with zero attached hydrogens (tertiary/aromatic N) is 2. The second-order valence-corrected chi connectivity index (χ2v) is 6.69. The number of carbonyl (C=O) groups excluding carboxylic acids is 1. The van der Waals surface area contributed by atoms with Crippen molar-refractivity contribution in [1.29, 1.82) is 0 Å². The van der Waals surface area contributed by atoms with Crippen molar-refractivity contribution in [1.82, 2.24) is 9.55 Å². The maximum atomic E-state index is 12.7. The van der Waals surface area contributed by atoms with Crippen LogP contribution in [0.25, 0.3) is 5.69 Å². The lowest BCUT2D eigenvalue weighted by atomic mass is 10.2. The van der Waals surface area contributed by atoms with E-state index in [-0.39, 0.29) is 5.91 Å². The lowest BCUT2D eigenvalue weighted by molar-refractivity contribution is 0.102. The average molecular weight is 369 g/mol. The minimum absolute atomic E-state index is 0.222. The Balaban J connectivity index is 1.54. The molecule has 4 nitrogen and oxygen atoms in total. The molecule has 0 aliphatic carbocycles. The summed E-state index contributed by atoms with van der Waals surface area (Å²) in [6, 6.07) is 21.1. The minimum Gasteiger partial charge on any atom is -0.321 e. The van der Waals surface area contributed by atoms with Crippen LogP contribution in [0.1, 0.15) is 20.9 Å². The van der Waals surface area contributed by atoms with E-state index in [0.717, 1.165) is 16.1 Å². The van der Waals surface area contributed by atoms with Crippen molar-refractivity contribution < 1.29 is 4.79 Å². The number of para-hydroxylation sites is 1. The second-order valence-electron chi connectivity index (χ2n) is 5.75. The maximum Gasteiger partial charge on any atom is 0.274 e. The highest BCUT2D eigenvalue weighted by Gasteiger charge is 2.13. The molecule has 0 bridgehead atoms. The Morgan fingerprint density at radius 2 is 1.89 bits per heavy atom. The number of anilines is 1. The molecule has 4 aromatic rings. The third-order valence-electron chi connectivity index (χ3n) is 3.88. The van der Waals surface area contributed by atoms with Gasteiger partial charge in [0.05, 0.1) is 17.4 Å². The van der Waals surface area contributed by atoms with Crippen LogP contribution in [-0.2, 0) is 0 Å². The number of rotatable bonds is 3. The number of thiophene rings is 1. The largest absolute Gasteiger partial charge is 0.321 e. The van der Waals surface area contributed by atoms with Crippen molar-refractivity contribution in [3.63, 3.8) is 0 Å². The molecular formula is C22H15N3OS. The van der Waals surface area contributed by atoms with E-state index >= 15 is 0 Å². The fourth-order valence-corrected chi connectivity index (χ4v) is 3.18. The van der Waals surface area contributed by atoms with Crippen LogP contribution in [0.4, 0.5) is 5.69 Å². The number of hydrogen-bond acceptors (Lipinski definition) is 3. The van der Waals surface area contributed by atoms with Gasteiger partial charge in [0.15, 0.2) is 0 Å². The molecule has 4 rings (SSSR count). The highest BCUT2D eigenvalue weighted by Crippen LogP contribution is 2.15. The molecule has 27 heavy (non-hydrogen) atoms. The van der Waals surface area contributed by atoms with E-state index in [0.29, 0.717) is 11.4 Å². The van der Waals surface area contributed by atoms with Gasteiger partial charge in [-0.05, 0) is 41.8 Å². The summed E-state index contributed by atoms with van der Waals surface area (Å²) >= 11 is 1.60. The summed E-state index contributed by atoms with van der Waals surface area (Å²) in [6.07, 6.45) is 3.19. The summed E-state index contributed by atoms with van der Waals surface area (Å²) < 4.78 is 1.76. The summed E-state index contributed by atoms with van der Waals surface area (Å²) in [5, 5.41) is 4.92. The molecule has 0 saturated carbocycles. The zero-order valence-corrected chi connectivity index (χ0v) is 15.1. The van der Waals surface area contributed by atoms with Gasteiger partial charge in [0.2, 0.25) is 0 Å². The lowest BCUT2D eigenvalue weighted by Gasteiger charge is -2.09. The van der Waals surface area contributed by atoms with Gasteiger partial charge in [0.1, 0.15) is 5.69 Å². The molecule has 130 valence electrons. The number of carbonyl (C=O) groups is 1. The molecular weight excluding hydrogens is 354 g/mol. The fourth-order valence-electron chi connectivity index (χ4n) is 2.61. The molecule has 2 heterocycles. The summed E-state index contributed by atoms with van der Waals surface area (Å²) in [6.45, 7) is 0. The molecule has 0 aliphatic rings. The van der Waals surface area contributed by atoms with Gasteiger partial charge < -0.3 is 5.32 Å². The van der Waals surface area contributed by atoms with Crippen LogP contribution in [-0.4, -0.2) is 15.5 Å². The standard InChI is InChI=1S/C22H15N3OS/c26-22(21-15-23-16-25(21)19-8-2-1-3-9-19)24-18-7-4-6-17(14-18)11-12-20-10-5-13-27-20/h1-10,13-16H,(H,24,26). The monoisotopic (exact) mass is 369 g/mol. The van der Waals surface area contributed by atoms with E-state index in [1.807, 2.05) is 72.1 Å². The fraction of sp³-hybridized carbons (Fsp3) is 0. The van der Waals surface area contributed by atoms with Gasteiger partial charge in [-0.1, -0.05) is 42.2 Å². The molecule has 0 radical (unpaired) electrons. The molecule has 0 aliphatic heterocycles. The van der Waals surface area contributed by atoms with E-state index in [4.69, 9.17) is 0 Å². The summed E-state index contributed by atoms with van der Waals surface area (Å²) in [4.78, 5) is 17.8. The lowest BCUT2D eigenvalue weighted by Crippen LogP contribution is -2.16. The number of aromatic nitrogens is 2. The third kappa shape index (κ3) is 3.97. The van der Waals surface area contributed by atoms with Crippen molar-refractivity contribution in [2.45, 2.75) is 0 Å². The van der Waals surface area contributed by atoms with Crippen LogP contribution in [0.15, 0.2) is 84.6 Å². The molecule has 0 unspecified atom stereocenters. The Morgan fingerprint density at radius 3 is 2.70 bits per heavy atom. The molecule has 5 heteroatoms. The molecule has 1 amide bonds. The Bertz CT molecular complexity index is 1120. The molecule has 0 fully saturated rings. The van der Waals surface area contributed by atoms with Crippen molar-refractivity contribution in [2.75, 3.05) is 5.32 Å². The number of imidazole rings is 1. The highest BCUT2D eigenvalue weighted by molar-refractivity contribution is 7.10. The molecule has 2 aromatic heterocycles. The van der Waals surface area contributed by atoms with Crippen molar-refractivity contribution in [2.24, 2.45) is 0 Å². The van der Waals surface area contributed by atoms with Crippen LogP contribution < -0.4 is 5.32 Å². The number of hydrogen-bond donors (Lipinski definition) is 1. The highest BCUT2D eigenvalue weighted by atomic mass is 32.1. The van der Waals surface area contributed by atoms with Gasteiger partial charge in [0, 0.05) is 16.9 Å². The van der Waals surface area contributed by atoms with E-state index < -0.39 is 0 Å². The number of benzene rings is 2. The van der Waals surface area contributed by atoms with Gasteiger partial charge in [-0.3, -0.25) is 9.36 Å². The quantitative estimate of drug-likeness (QED) is 0.537. The third-order valence-corrected chi connectivity index (χ3v) is 4.66. The Labute approximate surface area is 161 Å². The van der Waals surface area contributed by atoms with Crippen molar-refractivity contribution in [3.8, 4) is 17.5 Å². The van der Waals surface area contributed by atoms with Gasteiger partial charge in [-0.15, -0.1) is 11.3 Å². The average Bonchev–Trinajstić information content (AvgIpc) is 3.39. The van der Waals surface area contributed by atoms with E-state index in [1.54, 1.807) is 28.4 Å². The Hall–Kier alpha value is -3.62. The first-order valence-corrected chi connectivity index (χ1v) is 9.22. The van der Waals surface area contributed by atoms with Crippen LogP contribution in [0.2, 0.25) is 0 Å². The predicted octanol–water partition coefficient (Wildman–Crippen LogP) is 4.59. The summed E-state index contributed by atoms with van der Waals surface area (Å²) in [5.41, 5.74) is 2.89. The van der Waals surface area contributed by atoms with Crippen LogP contribution in [0.3, 0.4) is 0 Å². The van der Waals surface area contributed by atoms with Gasteiger partial charge in [-0.25, -0.2) is 4.98 Å². The van der Waals surface area contributed by atoms with Crippen molar-refractivity contribution in [3.05, 3.63) is 101 Å². The molecule has 1 N–H and O–H groups in total. The van der Waals surface area contributed by atoms with Crippen LogP contribution >= 0.6 is 11.3 Å². The predicted molar refractivity (Wildman–Crippen MR) is 108 cm³/mol. The number of amides is 1. The molecule has 2 aromatic carbocycles. The normalized spacial score (nSPS) is 10.1. The first-order chi connectivity index (χ1) is 13.3. The van der Waals surface area contributed by atoms with Gasteiger partial charge in [-0.2, -0.15) is 0 Å². The Morgan fingerprint density at radius 1 is 1.00 bits per heavy atom. The minimum atomic E-state index is -0.222. The zero-order chi connectivity index (χ0) is 18.5. The zero-order valence-electron chi connectivity index (χ0n) is 14.3. The van der Waals surface area contributed by atoms with Crippen LogP contribution in [0, 0.1) is 11.8 Å². The first-order valence-electron chi connectivity index (χ1n) is 8.34. The van der Waals surface area contributed by atoms with Gasteiger partial charge >= 0.3 is 0 Å². The maximum absolute atomic E-state index is 12.7. The summed E-state index contributed by atoms with van der Waals surface area (Å²) in [5.74, 6) is 6.02. The molecule has 0 atom stereocenters. The number of nitrogens with one attached hydrogen (secondary N) is 1. The van der Waals surface area contributed by atoms with E-state index in [2.05, 4.69) is 22.1 Å². The van der Waals surface area contributed by atoms with Crippen LogP contribution in [0.5, 0.6) is 0 Å². The smallest absolute Gasteiger partial charge is 0.274 e. The van der Waals surface area contributed by atoms with E-state index in [1.165, 1.54) is 0 Å². The van der Waals surface area contributed by atoms with E-state index in [9.17, 15) is 4.79 Å². The second kappa shape index (κ2) is 7.73. The van der Waals surface area contributed by atoms with Gasteiger partial charge in [0.25, 0.3) is 5.91 Å². The summed E-state index contributed by atoms with van der Waals surface area (Å²) in [7, 11) is 0. The molecule has 0 spiro atoms. The molecule has 0 saturated heterocycles. The Kier molecular flexibility index (Phi) is 4.82.